The Hall–Kier alpha value is -2.62. The number of hydrogen-bond acceptors (Lipinski definition) is 2. The summed E-state index contributed by atoms with van der Waals surface area (Å²) >= 11 is 0. The summed E-state index contributed by atoms with van der Waals surface area (Å²) in [6, 6.07) is 9.60. The summed E-state index contributed by atoms with van der Waals surface area (Å²) in [6.45, 7) is 3.78. The van der Waals surface area contributed by atoms with Crippen molar-refractivity contribution in [2.45, 2.75) is 13.8 Å². The molecule has 4 heteroatoms. The molecule has 3 aromatic rings. The third-order valence-corrected chi connectivity index (χ3v) is 3.42. The standard InChI is InChI=1S/C18H14F2N2/c1-11-3-5-13(6-4-11)17-15(19)7-14(8-16(17)20)18-21-9-12(2)10-22-18/h3-10H,1-2H3. The van der Waals surface area contributed by atoms with Crippen LogP contribution in [-0.2, 0) is 0 Å². The Morgan fingerprint density at radius 3 is 1.82 bits per heavy atom. The van der Waals surface area contributed by atoms with Crippen molar-refractivity contribution in [3.05, 3.63) is 71.6 Å². The van der Waals surface area contributed by atoms with Crippen LogP contribution in [0.4, 0.5) is 8.78 Å². The van der Waals surface area contributed by atoms with Gasteiger partial charge >= 0.3 is 0 Å². The molecule has 0 N–H and O–H groups in total. The molecule has 2 aromatic carbocycles. The van der Waals surface area contributed by atoms with Gasteiger partial charge in [0, 0.05) is 18.0 Å². The van der Waals surface area contributed by atoms with Crippen molar-refractivity contribution in [2.24, 2.45) is 0 Å². The average molecular weight is 296 g/mol. The fourth-order valence-electron chi connectivity index (χ4n) is 2.24. The van der Waals surface area contributed by atoms with Crippen LogP contribution in [-0.4, -0.2) is 9.97 Å². The highest BCUT2D eigenvalue weighted by molar-refractivity contribution is 5.69. The Kier molecular flexibility index (Phi) is 3.67. The number of nitrogens with zero attached hydrogens (tertiary/aromatic N) is 2. The lowest BCUT2D eigenvalue weighted by atomic mass is 10.0. The SMILES string of the molecule is Cc1ccc(-c2c(F)cc(-c3ncc(C)cn3)cc2F)cc1. The van der Waals surface area contributed by atoms with Gasteiger partial charge in [-0.25, -0.2) is 18.7 Å². The molecule has 0 atom stereocenters. The second-order valence-corrected chi connectivity index (χ2v) is 5.26. The molecule has 0 bridgehead atoms. The van der Waals surface area contributed by atoms with Crippen LogP contribution < -0.4 is 0 Å². The highest BCUT2D eigenvalue weighted by Gasteiger charge is 2.15. The molecule has 2 nitrogen and oxygen atoms in total. The van der Waals surface area contributed by atoms with Gasteiger partial charge in [-0.05, 0) is 37.1 Å². The number of halogens is 2. The van der Waals surface area contributed by atoms with Crippen molar-refractivity contribution in [1.29, 1.82) is 0 Å². The lowest BCUT2D eigenvalue weighted by Crippen LogP contribution is -1.95. The lowest BCUT2D eigenvalue weighted by Gasteiger charge is -2.08. The molecule has 0 saturated carbocycles. The van der Waals surface area contributed by atoms with Crippen LogP contribution in [0.1, 0.15) is 11.1 Å². The molecule has 1 aromatic heterocycles. The van der Waals surface area contributed by atoms with Crippen molar-refractivity contribution in [3.63, 3.8) is 0 Å². The highest BCUT2D eigenvalue weighted by Crippen LogP contribution is 2.30. The molecule has 3 rings (SSSR count). The normalized spacial score (nSPS) is 10.7. The molecule has 1 heterocycles. The first kappa shape index (κ1) is 14.3. The van der Waals surface area contributed by atoms with E-state index in [9.17, 15) is 8.78 Å². The van der Waals surface area contributed by atoms with E-state index >= 15 is 0 Å². The van der Waals surface area contributed by atoms with E-state index in [0.717, 1.165) is 11.1 Å². The van der Waals surface area contributed by atoms with Crippen LogP contribution in [0, 0.1) is 25.5 Å². The van der Waals surface area contributed by atoms with Crippen molar-refractivity contribution < 1.29 is 8.78 Å². The van der Waals surface area contributed by atoms with Crippen LogP contribution in [0.3, 0.4) is 0 Å². The highest BCUT2D eigenvalue weighted by atomic mass is 19.1. The first-order valence-electron chi connectivity index (χ1n) is 6.89. The Labute approximate surface area is 127 Å². The fourth-order valence-corrected chi connectivity index (χ4v) is 2.24. The van der Waals surface area contributed by atoms with Crippen LogP contribution in [0.2, 0.25) is 0 Å². The molecule has 0 saturated heterocycles. The van der Waals surface area contributed by atoms with E-state index in [4.69, 9.17) is 0 Å². The summed E-state index contributed by atoms with van der Waals surface area (Å²) in [5, 5.41) is 0. The predicted octanol–water partition coefficient (Wildman–Crippen LogP) is 4.71. The molecule has 0 spiro atoms. The number of benzene rings is 2. The maximum atomic E-state index is 14.4. The number of aromatic nitrogens is 2. The van der Waals surface area contributed by atoms with Crippen molar-refractivity contribution >= 4 is 0 Å². The van der Waals surface area contributed by atoms with Gasteiger partial charge in [0.25, 0.3) is 0 Å². The Morgan fingerprint density at radius 1 is 0.727 bits per heavy atom. The van der Waals surface area contributed by atoms with E-state index in [1.165, 1.54) is 12.1 Å². The zero-order chi connectivity index (χ0) is 15.7. The summed E-state index contributed by atoms with van der Waals surface area (Å²) < 4.78 is 28.7. The smallest absolute Gasteiger partial charge is 0.159 e. The molecule has 0 aliphatic carbocycles. The molecule has 0 radical (unpaired) electrons. The predicted molar refractivity (Wildman–Crippen MR) is 82.3 cm³/mol. The summed E-state index contributed by atoms with van der Waals surface area (Å²) in [4.78, 5) is 8.20. The number of hydrogen-bond donors (Lipinski definition) is 0. The largest absolute Gasteiger partial charge is 0.236 e. The Morgan fingerprint density at radius 2 is 1.27 bits per heavy atom. The van der Waals surface area contributed by atoms with Crippen molar-refractivity contribution in [3.8, 4) is 22.5 Å². The van der Waals surface area contributed by atoms with Crippen LogP contribution in [0.15, 0.2) is 48.8 Å². The molecular formula is C18H14F2N2. The van der Waals surface area contributed by atoms with Gasteiger partial charge in [0.15, 0.2) is 5.82 Å². The minimum absolute atomic E-state index is 0.0316. The fraction of sp³-hybridized carbons (Fsp3) is 0.111. The topological polar surface area (TPSA) is 25.8 Å². The molecule has 0 fully saturated rings. The van der Waals surface area contributed by atoms with Crippen molar-refractivity contribution in [1.82, 2.24) is 9.97 Å². The van der Waals surface area contributed by atoms with Crippen LogP contribution in [0.5, 0.6) is 0 Å². The molecule has 110 valence electrons. The maximum Gasteiger partial charge on any atom is 0.159 e. The van der Waals surface area contributed by atoms with Gasteiger partial charge in [-0.3, -0.25) is 0 Å². The first-order valence-corrected chi connectivity index (χ1v) is 6.89. The lowest BCUT2D eigenvalue weighted by molar-refractivity contribution is 0.590. The molecule has 0 aliphatic heterocycles. The summed E-state index contributed by atoms with van der Waals surface area (Å²) in [5.41, 5.74) is 2.73. The average Bonchev–Trinajstić information content (AvgIpc) is 2.49. The minimum atomic E-state index is -0.622. The molecular weight excluding hydrogens is 282 g/mol. The molecule has 0 amide bonds. The number of aryl methyl sites for hydroxylation is 2. The molecule has 0 aliphatic rings. The second-order valence-electron chi connectivity index (χ2n) is 5.26. The zero-order valence-electron chi connectivity index (χ0n) is 12.3. The third-order valence-electron chi connectivity index (χ3n) is 3.42. The Balaban J connectivity index is 2.08. The van der Waals surface area contributed by atoms with Gasteiger partial charge in [0.05, 0.1) is 5.56 Å². The van der Waals surface area contributed by atoms with Gasteiger partial charge in [-0.15, -0.1) is 0 Å². The van der Waals surface area contributed by atoms with E-state index in [-0.39, 0.29) is 5.56 Å². The van der Waals surface area contributed by atoms with E-state index < -0.39 is 11.6 Å². The molecule has 0 unspecified atom stereocenters. The van der Waals surface area contributed by atoms with E-state index in [2.05, 4.69) is 9.97 Å². The van der Waals surface area contributed by atoms with E-state index in [1.54, 1.807) is 24.5 Å². The summed E-state index contributed by atoms with van der Waals surface area (Å²) in [6.07, 6.45) is 3.23. The van der Waals surface area contributed by atoms with Crippen molar-refractivity contribution in [2.75, 3.05) is 0 Å². The first-order chi connectivity index (χ1) is 10.5. The maximum absolute atomic E-state index is 14.4. The van der Waals surface area contributed by atoms with Crippen LogP contribution >= 0.6 is 0 Å². The van der Waals surface area contributed by atoms with Gasteiger partial charge < -0.3 is 0 Å². The van der Waals surface area contributed by atoms with Gasteiger partial charge in [0.1, 0.15) is 11.6 Å². The summed E-state index contributed by atoms with van der Waals surface area (Å²) in [7, 11) is 0. The van der Waals surface area contributed by atoms with Gasteiger partial charge in [-0.1, -0.05) is 29.8 Å². The summed E-state index contributed by atoms with van der Waals surface area (Å²) in [5.74, 6) is -0.940. The van der Waals surface area contributed by atoms with E-state index in [0.29, 0.717) is 17.0 Å². The zero-order valence-corrected chi connectivity index (χ0v) is 12.3. The van der Waals surface area contributed by atoms with E-state index in [1.807, 2.05) is 26.0 Å². The third kappa shape index (κ3) is 2.72. The monoisotopic (exact) mass is 296 g/mol. The second kappa shape index (κ2) is 5.64. The minimum Gasteiger partial charge on any atom is -0.236 e. The van der Waals surface area contributed by atoms with Gasteiger partial charge in [-0.2, -0.15) is 0 Å². The number of rotatable bonds is 2. The Bertz CT molecular complexity index is 786. The van der Waals surface area contributed by atoms with Gasteiger partial charge in [0.2, 0.25) is 0 Å². The molecule has 22 heavy (non-hydrogen) atoms. The van der Waals surface area contributed by atoms with Crippen LogP contribution in [0.25, 0.3) is 22.5 Å². The quantitative estimate of drug-likeness (QED) is 0.684.